The van der Waals surface area contributed by atoms with Crippen molar-refractivity contribution in [3.05, 3.63) is 41.1 Å². The van der Waals surface area contributed by atoms with Gasteiger partial charge in [-0.3, -0.25) is 9.36 Å². The fourth-order valence-electron chi connectivity index (χ4n) is 4.23. The Morgan fingerprint density at radius 1 is 1.05 bits per heavy atom. The van der Waals surface area contributed by atoms with Gasteiger partial charge in [0, 0.05) is 18.5 Å². The molecule has 0 bridgehead atoms. The van der Waals surface area contributed by atoms with Crippen LogP contribution in [0, 0.1) is 0 Å². The van der Waals surface area contributed by atoms with Gasteiger partial charge < -0.3 is 4.90 Å². The van der Waals surface area contributed by atoms with Crippen LogP contribution in [0.15, 0.2) is 29.8 Å². The number of carbonyl (C=O) groups is 1. The second-order valence-electron chi connectivity index (χ2n) is 6.04. The average molecular weight is 264 g/mol. The van der Waals surface area contributed by atoms with E-state index in [0.29, 0.717) is 6.42 Å². The first kappa shape index (κ1) is 10.7. The highest BCUT2D eigenvalue weighted by Crippen LogP contribution is 2.44. The highest BCUT2D eigenvalue weighted by molar-refractivity contribution is 6.03. The van der Waals surface area contributed by atoms with Gasteiger partial charge in [0.1, 0.15) is 0 Å². The molecule has 3 nitrogen and oxygen atoms in total. The summed E-state index contributed by atoms with van der Waals surface area (Å²) >= 11 is 0. The fourth-order valence-corrected chi connectivity index (χ4v) is 4.23. The van der Waals surface area contributed by atoms with E-state index in [0.717, 1.165) is 31.4 Å². The lowest BCUT2D eigenvalue weighted by atomic mass is 9.89. The number of para-hydroxylation sites is 1. The van der Waals surface area contributed by atoms with Crippen molar-refractivity contribution in [3.8, 4) is 0 Å². The van der Waals surface area contributed by atoms with Crippen molar-refractivity contribution in [3.63, 3.8) is 0 Å². The summed E-state index contributed by atoms with van der Waals surface area (Å²) in [6, 6.07) is 8.37. The number of benzene rings is 1. The van der Waals surface area contributed by atoms with Crippen molar-refractivity contribution in [2.45, 2.75) is 25.7 Å². The molecule has 0 amide bonds. The third-order valence-electron chi connectivity index (χ3n) is 5.01. The maximum absolute atomic E-state index is 12.6. The van der Waals surface area contributed by atoms with Gasteiger partial charge in [-0.2, -0.15) is 0 Å². The minimum Gasteiger partial charge on any atom is -0.370 e. The number of carbonyl (C=O) groups excluding carboxylic acids is 1. The Balaban J connectivity index is 1.96. The van der Waals surface area contributed by atoms with E-state index in [1.165, 1.54) is 34.3 Å². The number of rotatable bonds is 0. The van der Waals surface area contributed by atoms with E-state index in [9.17, 15) is 4.79 Å². The van der Waals surface area contributed by atoms with Crippen molar-refractivity contribution in [2.75, 3.05) is 13.1 Å². The van der Waals surface area contributed by atoms with Gasteiger partial charge in [0.05, 0.1) is 23.3 Å². The molecular weight excluding hydrogens is 248 g/mol. The third kappa shape index (κ3) is 1.14. The lowest BCUT2D eigenvalue weighted by molar-refractivity contribution is 0.0909. The molecule has 5 rings (SSSR count). The maximum Gasteiger partial charge on any atom is 0.235 e. The molecule has 1 aromatic carbocycles. The molecule has 3 aliphatic rings. The Morgan fingerprint density at radius 2 is 1.95 bits per heavy atom. The van der Waals surface area contributed by atoms with Gasteiger partial charge in [0.25, 0.3) is 0 Å². The minimum atomic E-state index is 0.255. The quantitative estimate of drug-likeness (QED) is 0.730. The van der Waals surface area contributed by atoms with Crippen molar-refractivity contribution in [1.82, 2.24) is 9.47 Å². The number of hydrogen-bond acceptors (Lipinski definition) is 2. The highest BCUT2D eigenvalue weighted by atomic mass is 16.2. The van der Waals surface area contributed by atoms with Gasteiger partial charge in [-0.25, -0.2) is 0 Å². The Hall–Kier alpha value is -2.03. The molecular formula is C17H16N2O. The van der Waals surface area contributed by atoms with E-state index >= 15 is 0 Å². The van der Waals surface area contributed by atoms with E-state index in [4.69, 9.17) is 0 Å². The summed E-state index contributed by atoms with van der Waals surface area (Å²) in [5.41, 5.74) is 6.45. The fraction of sp³-hybridized carbons (Fsp3) is 0.353. The average Bonchev–Trinajstić information content (AvgIpc) is 2.82. The SMILES string of the molecule is O=C1CC2=C3c4c(c5ccccc5n41)CCN3CCC2. The zero-order valence-corrected chi connectivity index (χ0v) is 11.4. The van der Waals surface area contributed by atoms with Crippen LogP contribution in [0.3, 0.4) is 0 Å². The van der Waals surface area contributed by atoms with Crippen LogP contribution in [0.1, 0.15) is 35.3 Å². The van der Waals surface area contributed by atoms with Gasteiger partial charge in [0.15, 0.2) is 0 Å². The van der Waals surface area contributed by atoms with Crippen molar-refractivity contribution in [2.24, 2.45) is 0 Å². The van der Waals surface area contributed by atoms with Crippen LogP contribution in [0.25, 0.3) is 16.6 Å². The normalized spacial score (nSPS) is 20.6. The standard InChI is InChI=1S/C17H16N2O/c20-15-10-11-4-3-8-18-9-7-13-12-5-1-2-6-14(12)19(15)17(13)16(11)18/h1-2,5-6H,3-4,7-10H2. The smallest absolute Gasteiger partial charge is 0.235 e. The van der Waals surface area contributed by atoms with E-state index in [1.54, 1.807) is 0 Å². The van der Waals surface area contributed by atoms with Gasteiger partial charge in [-0.15, -0.1) is 0 Å². The topological polar surface area (TPSA) is 25.2 Å². The Bertz CT molecular complexity index is 797. The Labute approximate surface area is 117 Å². The van der Waals surface area contributed by atoms with Crippen LogP contribution in [0.2, 0.25) is 0 Å². The number of nitrogens with zero attached hydrogens (tertiary/aromatic N) is 2. The van der Waals surface area contributed by atoms with Crippen LogP contribution >= 0.6 is 0 Å². The van der Waals surface area contributed by atoms with E-state index in [1.807, 2.05) is 10.6 Å². The predicted octanol–water partition coefficient (Wildman–Crippen LogP) is 3.05. The molecule has 0 fully saturated rings. The summed E-state index contributed by atoms with van der Waals surface area (Å²) in [4.78, 5) is 15.1. The van der Waals surface area contributed by atoms with Gasteiger partial charge in [0.2, 0.25) is 5.91 Å². The van der Waals surface area contributed by atoms with Crippen LogP contribution in [0.5, 0.6) is 0 Å². The van der Waals surface area contributed by atoms with Gasteiger partial charge in [-0.05, 0) is 36.5 Å². The Morgan fingerprint density at radius 3 is 2.90 bits per heavy atom. The zero-order chi connectivity index (χ0) is 13.3. The molecule has 0 aliphatic carbocycles. The second kappa shape index (κ2) is 3.54. The number of allylic oxidation sites excluding steroid dienone is 1. The molecule has 0 saturated heterocycles. The van der Waals surface area contributed by atoms with Crippen molar-refractivity contribution >= 4 is 22.5 Å². The van der Waals surface area contributed by atoms with Crippen LogP contribution in [-0.4, -0.2) is 28.5 Å². The zero-order valence-electron chi connectivity index (χ0n) is 11.4. The molecule has 3 heteroatoms. The van der Waals surface area contributed by atoms with Crippen molar-refractivity contribution < 1.29 is 4.79 Å². The maximum atomic E-state index is 12.6. The molecule has 100 valence electrons. The van der Waals surface area contributed by atoms with Gasteiger partial charge in [-0.1, -0.05) is 18.2 Å². The molecule has 3 aliphatic heterocycles. The molecule has 4 heterocycles. The largest absolute Gasteiger partial charge is 0.370 e. The van der Waals surface area contributed by atoms with Crippen molar-refractivity contribution in [1.29, 1.82) is 0 Å². The summed E-state index contributed by atoms with van der Waals surface area (Å²) in [5, 5.41) is 1.27. The molecule has 0 N–H and O–H groups in total. The molecule has 0 unspecified atom stereocenters. The number of fused-ring (bicyclic) bond motifs is 3. The van der Waals surface area contributed by atoms with Crippen LogP contribution in [0.4, 0.5) is 0 Å². The summed E-state index contributed by atoms with van der Waals surface area (Å²) in [6.45, 7) is 2.25. The first-order chi connectivity index (χ1) is 9.84. The molecule has 20 heavy (non-hydrogen) atoms. The molecule has 2 aromatic rings. The predicted molar refractivity (Wildman–Crippen MR) is 78.6 cm³/mol. The van der Waals surface area contributed by atoms with E-state index in [-0.39, 0.29) is 5.91 Å². The molecule has 0 atom stereocenters. The summed E-state index contributed by atoms with van der Waals surface area (Å²) in [7, 11) is 0. The molecule has 0 spiro atoms. The van der Waals surface area contributed by atoms with Crippen LogP contribution in [-0.2, 0) is 6.42 Å². The first-order valence-corrected chi connectivity index (χ1v) is 7.47. The molecule has 0 radical (unpaired) electrons. The monoisotopic (exact) mass is 264 g/mol. The molecule has 0 saturated carbocycles. The lowest BCUT2D eigenvalue weighted by Gasteiger charge is -2.40. The summed E-state index contributed by atoms with van der Waals surface area (Å²) in [5.74, 6) is 0.255. The van der Waals surface area contributed by atoms with Crippen LogP contribution < -0.4 is 0 Å². The molecule has 1 aromatic heterocycles. The number of aromatic nitrogens is 1. The first-order valence-electron chi connectivity index (χ1n) is 7.47. The van der Waals surface area contributed by atoms with E-state index in [2.05, 4.69) is 23.1 Å². The summed E-state index contributed by atoms with van der Waals surface area (Å²) in [6.07, 6.45) is 3.96. The highest BCUT2D eigenvalue weighted by Gasteiger charge is 2.37. The second-order valence-corrected chi connectivity index (χ2v) is 6.04. The number of hydrogen-bond donors (Lipinski definition) is 0. The summed E-state index contributed by atoms with van der Waals surface area (Å²) < 4.78 is 1.99. The third-order valence-corrected chi connectivity index (χ3v) is 5.01. The lowest BCUT2D eigenvalue weighted by Crippen LogP contribution is -2.38. The van der Waals surface area contributed by atoms with E-state index < -0.39 is 0 Å². The Kier molecular flexibility index (Phi) is 1.90. The minimum absolute atomic E-state index is 0.255. The van der Waals surface area contributed by atoms with Gasteiger partial charge >= 0.3 is 0 Å².